The minimum absolute atomic E-state index is 0.0328. The second-order valence-electron chi connectivity index (χ2n) is 11.7. The number of aliphatic carboxylic acids is 1. The largest absolute Gasteiger partial charge is 0.481 e. The topological polar surface area (TPSA) is 78.9 Å². The maximum Gasteiger partial charge on any atom is 0.307 e. The molecule has 2 heterocycles. The molecule has 5 rings (SSSR count). The molecule has 3 aromatic carbocycles. The van der Waals surface area contributed by atoms with E-state index < -0.39 is 11.9 Å². The van der Waals surface area contributed by atoms with Crippen LogP contribution < -0.4 is 10.2 Å². The van der Waals surface area contributed by atoms with Crippen LogP contribution >= 0.6 is 11.6 Å². The lowest BCUT2D eigenvalue weighted by molar-refractivity contribution is -0.147. The van der Waals surface area contributed by atoms with Crippen LogP contribution in [-0.4, -0.2) is 49.6 Å². The summed E-state index contributed by atoms with van der Waals surface area (Å²) in [5.41, 5.74) is 3.79. The number of rotatable bonds is 4. The fourth-order valence-corrected chi connectivity index (χ4v) is 5.75. The first-order chi connectivity index (χ1) is 18.5. The molecule has 0 aromatic heterocycles. The molecule has 3 aromatic rings. The number of carboxylic acids is 1. The van der Waals surface area contributed by atoms with Gasteiger partial charge in [0.2, 0.25) is 0 Å². The fourth-order valence-electron chi connectivity index (χ4n) is 5.57. The third kappa shape index (κ3) is 7.18. The molecular formula is C32H39ClN2O4. The van der Waals surface area contributed by atoms with Crippen molar-refractivity contribution in [2.75, 3.05) is 37.7 Å². The lowest BCUT2D eigenvalue weighted by atomic mass is 9.84. The van der Waals surface area contributed by atoms with Crippen LogP contribution in [0, 0.1) is 17.3 Å². The predicted octanol–water partition coefficient (Wildman–Crippen LogP) is 6.35. The molecular weight excluding hydrogens is 512 g/mol. The number of halogens is 1. The third-order valence-corrected chi connectivity index (χ3v) is 7.59. The van der Waals surface area contributed by atoms with E-state index in [0.29, 0.717) is 26.1 Å². The van der Waals surface area contributed by atoms with Crippen molar-refractivity contribution >= 4 is 39.8 Å². The van der Waals surface area contributed by atoms with Crippen molar-refractivity contribution in [3.8, 4) is 0 Å². The van der Waals surface area contributed by atoms with Gasteiger partial charge in [-0.25, -0.2) is 0 Å². The highest BCUT2D eigenvalue weighted by molar-refractivity contribution is 6.30. The van der Waals surface area contributed by atoms with Gasteiger partial charge in [-0.3, -0.25) is 9.59 Å². The fraction of sp³-hybridized carbons (Fsp3) is 0.438. The Hall–Kier alpha value is -2.93. The molecule has 39 heavy (non-hydrogen) atoms. The number of carbonyl (C=O) groups excluding carboxylic acids is 1. The number of carbonyl (C=O) groups is 2. The van der Waals surface area contributed by atoms with Gasteiger partial charge in [-0.2, -0.15) is 0 Å². The second-order valence-corrected chi connectivity index (χ2v) is 12.1. The SMILES string of the molecule is CC(=O)[C@H]1CNCC[C@@H]1C(=O)O.CC(C)(C)CN1CCOC(c2cccc3ccccc23)c2cc(Cl)ccc21. The number of nitrogens with zero attached hydrogens (tertiary/aromatic N) is 1. The Balaban J connectivity index is 0.000000247. The number of ether oxygens (including phenoxy) is 1. The minimum Gasteiger partial charge on any atom is -0.481 e. The van der Waals surface area contributed by atoms with Crippen LogP contribution in [0.3, 0.4) is 0 Å². The molecule has 0 aliphatic carbocycles. The summed E-state index contributed by atoms with van der Waals surface area (Å²) in [5.74, 6) is -1.70. The van der Waals surface area contributed by atoms with Gasteiger partial charge >= 0.3 is 5.97 Å². The van der Waals surface area contributed by atoms with Crippen molar-refractivity contribution in [1.82, 2.24) is 5.32 Å². The van der Waals surface area contributed by atoms with Crippen LogP contribution in [0.4, 0.5) is 5.69 Å². The van der Waals surface area contributed by atoms with Crippen molar-refractivity contribution < 1.29 is 19.4 Å². The molecule has 6 nitrogen and oxygen atoms in total. The summed E-state index contributed by atoms with van der Waals surface area (Å²) in [5, 5.41) is 15.0. The Bertz CT molecular complexity index is 1290. The van der Waals surface area contributed by atoms with E-state index in [1.165, 1.54) is 28.9 Å². The van der Waals surface area contributed by atoms with Crippen molar-refractivity contribution in [2.45, 2.75) is 40.2 Å². The summed E-state index contributed by atoms with van der Waals surface area (Å²) in [7, 11) is 0. The second kappa shape index (κ2) is 12.5. The molecule has 3 atom stereocenters. The number of hydrogen-bond donors (Lipinski definition) is 2. The Morgan fingerprint density at radius 2 is 1.79 bits per heavy atom. The smallest absolute Gasteiger partial charge is 0.307 e. The van der Waals surface area contributed by atoms with E-state index in [4.69, 9.17) is 21.4 Å². The first-order valence-electron chi connectivity index (χ1n) is 13.6. The summed E-state index contributed by atoms with van der Waals surface area (Å²) < 4.78 is 6.42. The van der Waals surface area contributed by atoms with E-state index in [1.54, 1.807) is 0 Å². The van der Waals surface area contributed by atoms with Gasteiger partial charge in [0.1, 0.15) is 11.9 Å². The first kappa shape index (κ1) is 29.1. The van der Waals surface area contributed by atoms with Gasteiger partial charge in [-0.15, -0.1) is 0 Å². The maximum absolute atomic E-state index is 11.0. The molecule has 1 saturated heterocycles. The van der Waals surface area contributed by atoms with E-state index in [1.807, 2.05) is 6.07 Å². The van der Waals surface area contributed by atoms with E-state index in [-0.39, 0.29) is 23.2 Å². The van der Waals surface area contributed by atoms with Crippen molar-refractivity contribution in [2.24, 2.45) is 17.3 Å². The highest BCUT2D eigenvalue weighted by Crippen LogP contribution is 2.40. The molecule has 1 fully saturated rings. The molecule has 0 spiro atoms. The quantitative estimate of drug-likeness (QED) is 0.394. The van der Waals surface area contributed by atoms with Gasteiger partial charge in [0, 0.05) is 41.8 Å². The average Bonchev–Trinajstić information content (AvgIpc) is 3.06. The zero-order valence-electron chi connectivity index (χ0n) is 23.2. The Labute approximate surface area is 236 Å². The number of anilines is 1. The predicted molar refractivity (Wildman–Crippen MR) is 158 cm³/mol. The normalized spacial score (nSPS) is 21.4. The molecule has 0 radical (unpaired) electrons. The van der Waals surface area contributed by atoms with Crippen LogP contribution in [0.1, 0.15) is 51.3 Å². The van der Waals surface area contributed by atoms with Crippen molar-refractivity contribution in [3.63, 3.8) is 0 Å². The van der Waals surface area contributed by atoms with Gasteiger partial charge in [-0.05, 0) is 59.8 Å². The number of benzene rings is 3. The Morgan fingerprint density at radius 1 is 1.05 bits per heavy atom. The van der Waals surface area contributed by atoms with Gasteiger partial charge in [0.15, 0.2) is 0 Å². The van der Waals surface area contributed by atoms with Crippen LogP contribution in [-0.2, 0) is 14.3 Å². The number of hydrogen-bond acceptors (Lipinski definition) is 5. The van der Waals surface area contributed by atoms with E-state index in [2.05, 4.69) is 85.6 Å². The monoisotopic (exact) mass is 550 g/mol. The number of Topliss-reactive ketones (excluding diaryl/α,β-unsaturated/α-hetero) is 1. The molecule has 7 heteroatoms. The van der Waals surface area contributed by atoms with Crippen LogP contribution in [0.15, 0.2) is 60.7 Å². The van der Waals surface area contributed by atoms with Gasteiger partial charge < -0.3 is 20.1 Å². The molecule has 0 saturated carbocycles. The summed E-state index contributed by atoms with van der Waals surface area (Å²) >= 11 is 6.41. The van der Waals surface area contributed by atoms with E-state index in [9.17, 15) is 9.59 Å². The number of carboxylic acid groups (broad SMARTS) is 1. The molecule has 0 amide bonds. The summed E-state index contributed by atoms with van der Waals surface area (Å²) in [6, 6.07) is 21.2. The Kier molecular flexibility index (Phi) is 9.31. The van der Waals surface area contributed by atoms with Crippen molar-refractivity contribution in [1.29, 1.82) is 0 Å². The molecule has 0 bridgehead atoms. The standard InChI is InChI=1S/C24H26ClNO.C8H13NO3/c1-24(2,3)16-26-13-14-27-23(21-15-18(25)11-12-22(21)26)20-10-6-8-17-7-4-5-9-19(17)20;1-5(10)7-4-9-3-2-6(7)8(11)12/h4-12,15,23H,13-14,16H2,1-3H3;6-7,9H,2-4H2,1H3,(H,11,12)/t;6-,7+/m.0/s1. The molecule has 208 valence electrons. The number of fused-ring (bicyclic) bond motifs is 2. The molecule has 2 N–H and O–H groups in total. The molecule has 1 unspecified atom stereocenters. The highest BCUT2D eigenvalue weighted by Gasteiger charge is 2.33. The van der Waals surface area contributed by atoms with Crippen LogP contribution in [0.25, 0.3) is 10.8 Å². The van der Waals surface area contributed by atoms with Crippen LogP contribution in [0.5, 0.6) is 0 Å². The number of ketones is 1. The maximum atomic E-state index is 11.0. The lowest BCUT2D eigenvalue weighted by Crippen LogP contribution is -2.43. The summed E-state index contributed by atoms with van der Waals surface area (Å²) in [4.78, 5) is 24.1. The zero-order chi connectivity index (χ0) is 28.2. The van der Waals surface area contributed by atoms with Gasteiger partial charge in [-0.1, -0.05) is 74.8 Å². The number of nitrogens with one attached hydrogen (secondary N) is 1. The lowest BCUT2D eigenvalue weighted by Gasteiger charge is -2.31. The Morgan fingerprint density at radius 3 is 2.49 bits per heavy atom. The third-order valence-electron chi connectivity index (χ3n) is 7.35. The number of piperidine rings is 1. The van der Waals surface area contributed by atoms with Crippen molar-refractivity contribution in [3.05, 3.63) is 76.8 Å². The summed E-state index contributed by atoms with van der Waals surface area (Å²) in [6.45, 7) is 12.0. The van der Waals surface area contributed by atoms with Gasteiger partial charge in [0.05, 0.1) is 12.5 Å². The minimum atomic E-state index is -0.850. The highest BCUT2D eigenvalue weighted by atomic mass is 35.5. The van der Waals surface area contributed by atoms with E-state index in [0.717, 1.165) is 23.7 Å². The molecule has 2 aliphatic rings. The summed E-state index contributed by atoms with van der Waals surface area (Å²) in [6.07, 6.45) is 0.439. The molecule has 2 aliphatic heterocycles. The zero-order valence-corrected chi connectivity index (χ0v) is 24.0. The van der Waals surface area contributed by atoms with E-state index >= 15 is 0 Å². The first-order valence-corrected chi connectivity index (χ1v) is 14.0. The van der Waals surface area contributed by atoms with Crippen LogP contribution in [0.2, 0.25) is 5.02 Å². The van der Waals surface area contributed by atoms with Gasteiger partial charge in [0.25, 0.3) is 0 Å². The average molecular weight is 551 g/mol.